The van der Waals surface area contributed by atoms with Crippen LogP contribution in [0.3, 0.4) is 0 Å². The van der Waals surface area contributed by atoms with Crippen LogP contribution in [0.1, 0.15) is 0 Å². The number of benzene rings is 1. The number of rotatable bonds is 3. The minimum Gasteiger partial charge on any atom is -0.454 e. The molecular formula is C10H10ClF3N2O3S. The second-order valence-electron chi connectivity index (χ2n) is 3.58. The molecule has 1 amide bonds. The molecule has 1 heterocycles. The van der Waals surface area contributed by atoms with Gasteiger partial charge < -0.3 is 20.5 Å². The molecule has 112 valence electrons. The summed E-state index contributed by atoms with van der Waals surface area (Å²) in [6.07, 6.45) is 0. The summed E-state index contributed by atoms with van der Waals surface area (Å²) in [5.74, 6) is -0.724. The molecule has 0 atom stereocenters. The molecule has 20 heavy (non-hydrogen) atoms. The Bertz CT molecular complexity index is 513. The van der Waals surface area contributed by atoms with Crippen molar-refractivity contribution >= 4 is 41.5 Å². The monoisotopic (exact) mass is 330 g/mol. The highest BCUT2D eigenvalue weighted by Crippen LogP contribution is 2.38. The molecule has 10 heteroatoms. The van der Waals surface area contributed by atoms with Gasteiger partial charge in [-0.05, 0) is 11.8 Å². The number of ether oxygens (including phenoxy) is 2. The highest BCUT2D eigenvalue weighted by molar-refractivity contribution is 8.00. The standard InChI is InChI=1S/C10H9F3N2O3S.ClH/c11-10(12,13)19-3-9(16)15-6-2-8-7(1-5(6)14)17-4-18-8;/h1-2H,3-4,14H2,(H,15,16);1H. The number of alkyl halides is 3. The number of halogens is 4. The minimum absolute atomic E-state index is 0. The Labute approximate surface area is 122 Å². The number of fused-ring (bicyclic) bond motifs is 1. The number of thioether (sulfide) groups is 1. The summed E-state index contributed by atoms with van der Waals surface area (Å²) in [6, 6.07) is 2.85. The summed E-state index contributed by atoms with van der Waals surface area (Å²) in [5, 5.41) is 2.29. The van der Waals surface area contributed by atoms with Crippen LogP contribution >= 0.6 is 24.2 Å². The summed E-state index contributed by atoms with van der Waals surface area (Å²) < 4.78 is 45.9. The summed E-state index contributed by atoms with van der Waals surface area (Å²) in [5.41, 5.74) is 1.58. The molecule has 0 radical (unpaired) electrons. The molecular weight excluding hydrogens is 321 g/mol. The molecule has 0 spiro atoms. The fourth-order valence-electron chi connectivity index (χ4n) is 1.40. The molecule has 1 aliphatic heterocycles. The van der Waals surface area contributed by atoms with Crippen molar-refractivity contribution in [1.29, 1.82) is 0 Å². The van der Waals surface area contributed by atoms with Gasteiger partial charge in [0, 0.05) is 12.1 Å². The molecule has 0 saturated heterocycles. The van der Waals surface area contributed by atoms with E-state index in [0.29, 0.717) is 11.5 Å². The first-order chi connectivity index (χ1) is 8.85. The summed E-state index contributed by atoms with van der Waals surface area (Å²) >= 11 is -0.417. The maximum Gasteiger partial charge on any atom is 0.442 e. The lowest BCUT2D eigenvalue weighted by atomic mass is 10.2. The highest BCUT2D eigenvalue weighted by Gasteiger charge is 2.29. The number of anilines is 2. The quantitative estimate of drug-likeness (QED) is 0.833. The van der Waals surface area contributed by atoms with E-state index in [1.54, 1.807) is 0 Å². The van der Waals surface area contributed by atoms with Gasteiger partial charge >= 0.3 is 5.51 Å². The van der Waals surface area contributed by atoms with E-state index in [1.165, 1.54) is 12.1 Å². The fourth-order valence-corrected chi connectivity index (χ4v) is 1.77. The van der Waals surface area contributed by atoms with Gasteiger partial charge in [0.25, 0.3) is 0 Å². The van der Waals surface area contributed by atoms with E-state index in [-0.39, 0.29) is 30.6 Å². The van der Waals surface area contributed by atoms with Gasteiger partial charge in [0.15, 0.2) is 11.5 Å². The average molecular weight is 331 g/mol. The van der Waals surface area contributed by atoms with Gasteiger partial charge in [-0.25, -0.2) is 0 Å². The molecule has 0 unspecified atom stereocenters. The van der Waals surface area contributed by atoms with Gasteiger partial charge in [0.05, 0.1) is 17.1 Å². The lowest BCUT2D eigenvalue weighted by molar-refractivity contribution is -0.114. The van der Waals surface area contributed by atoms with Crippen LogP contribution in [0.2, 0.25) is 0 Å². The Kier molecular flexibility index (Phi) is 5.23. The van der Waals surface area contributed by atoms with E-state index in [9.17, 15) is 18.0 Å². The second kappa shape index (κ2) is 6.31. The third-order valence-corrected chi connectivity index (χ3v) is 2.92. The predicted molar refractivity (Wildman–Crippen MR) is 71.4 cm³/mol. The van der Waals surface area contributed by atoms with E-state index in [4.69, 9.17) is 15.2 Å². The zero-order chi connectivity index (χ0) is 14.0. The van der Waals surface area contributed by atoms with Gasteiger partial charge in [-0.15, -0.1) is 12.4 Å². The largest absolute Gasteiger partial charge is 0.454 e. The van der Waals surface area contributed by atoms with E-state index >= 15 is 0 Å². The van der Waals surface area contributed by atoms with Crippen LogP contribution in [0.25, 0.3) is 0 Å². The molecule has 0 saturated carbocycles. The van der Waals surface area contributed by atoms with Crippen molar-refractivity contribution < 1.29 is 27.4 Å². The lowest BCUT2D eigenvalue weighted by Gasteiger charge is -2.10. The van der Waals surface area contributed by atoms with Crippen molar-refractivity contribution in [2.45, 2.75) is 5.51 Å². The highest BCUT2D eigenvalue weighted by atomic mass is 35.5. The van der Waals surface area contributed by atoms with Crippen molar-refractivity contribution in [3.63, 3.8) is 0 Å². The number of amides is 1. The maximum absolute atomic E-state index is 11.9. The molecule has 0 aromatic heterocycles. The van der Waals surface area contributed by atoms with Crippen LogP contribution in [0.4, 0.5) is 24.5 Å². The number of hydrogen-bond acceptors (Lipinski definition) is 5. The molecule has 0 aliphatic carbocycles. The van der Waals surface area contributed by atoms with Gasteiger partial charge in [-0.3, -0.25) is 4.79 Å². The van der Waals surface area contributed by atoms with Gasteiger partial charge in [-0.2, -0.15) is 13.2 Å². The molecule has 0 bridgehead atoms. The molecule has 1 aliphatic rings. The first-order valence-corrected chi connectivity index (χ1v) is 6.03. The van der Waals surface area contributed by atoms with Crippen LogP contribution < -0.4 is 20.5 Å². The number of nitrogen functional groups attached to an aromatic ring is 1. The Balaban J connectivity index is 0.00000200. The van der Waals surface area contributed by atoms with E-state index < -0.39 is 28.9 Å². The third-order valence-electron chi connectivity index (χ3n) is 2.19. The number of nitrogens with two attached hydrogens (primary N) is 1. The summed E-state index contributed by atoms with van der Waals surface area (Å²) in [6.45, 7) is 0.0378. The van der Waals surface area contributed by atoms with E-state index in [1.807, 2.05) is 0 Å². The summed E-state index contributed by atoms with van der Waals surface area (Å²) in [4.78, 5) is 11.4. The van der Waals surface area contributed by atoms with Gasteiger partial charge in [-0.1, -0.05) is 0 Å². The number of carbonyl (C=O) groups is 1. The van der Waals surface area contributed by atoms with Gasteiger partial charge in [0.1, 0.15) is 0 Å². The topological polar surface area (TPSA) is 73.6 Å². The summed E-state index contributed by atoms with van der Waals surface area (Å²) in [7, 11) is 0. The van der Waals surface area contributed by atoms with Crippen molar-refractivity contribution in [2.75, 3.05) is 23.6 Å². The average Bonchev–Trinajstić information content (AvgIpc) is 2.73. The van der Waals surface area contributed by atoms with E-state index in [0.717, 1.165) is 0 Å². The smallest absolute Gasteiger partial charge is 0.442 e. The van der Waals surface area contributed by atoms with Crippen molar-refractivity contribution in [2.24, 2.45) is 0 Å². The van der Waals surface area contributed by atoms with E-state index in [2.05, 4.69) is 5.32 Å². The fraction of sp³-hybridized carbons (Fsp3) is 0.300. The molecule has 0 fully saturated rings. The Morgan fingerprint density at radius 2 is 1.95 bits per heavy atom. The van der Waals surface area contributed by atoms with Crippen molar-refractivity contribution in [1.82, 2.24) is 0 Å². The van der Waals surface area contributed by atoms with Crippen molar-refractivity contribution in [3.8, 4) is 11.5 Å². The number of hydrogen-bond donors (Lipinski definition) is 2. The Morgan fingerprint density at radius 3 is 2.55 bits per heavy atom. The maximum atomic E-state index is 11.9. The van der Waals surface area contributed by atoms with Crippen LogP contribution in [0.15, 0.2) is 12.1 Å². The Morgan fingerprint density at radius 1 is 1.35 bits per heavy atom. The number of nitrogens with one attached hydrogen (secondary N) is 1. The van der Waals surface area contributed by atoms with Gasteiger partial charge in [0.2, 0.25) is 12.7 Å². The zero-order valence-electron chi connectivity index (χ0n) is 9.82. The normalized spacial score (nSPS) is 12.8. The first kappa shape index (κ1) is 16.6. The molecule has 5 nitrogen and oxygen atoms in total. The molecule has 1 aromatic rings. The predicted octanol–water partition coefficient (Wildman–Crippen LogP) is 2.61. The Hall–Kier alpha value is -1.48. The number of carbonyl (C=O) groups excluding carboxylic acids is 1. The zero-order valence-corrected chi connectivity index (χ0v) is 11.5. The van der Waals surface area contributed by atoms with Crippen LogP contribution in [-0.2, 0) is 4.79 Å². The van der Waals surface area contributed by atoms with Crippen LogP contribution in [0, 0.1) is 0 Å². The molecule has 2 rings (SSSR count). The van der Waals surface area contributed by atoms with Crippen molar-refractivity contribution in [3.05, 3.63) is 12.1 Å². The minimum atomic E-state index is -4.45. The second-order valence-corrected chi connectivity index (χ2v) is 4.62. The van der Waals surface area contributed by atoms with Crippen LogP contribution in [-0.4, -0.2) is 24.0 Å². The first-order valence-electron chi connectivity index (χ1n) is 5.05. The molecule has 1 aromatic carbocycles. The van der Waals surface area contributed by atoms with Crippen LogP contribution in [0.5, 0.6) is 11.5 Å². The third kappa shape index (κ3) is 4.27. The molecule has 3 N–H and O–H groups in total. The SMILES string of the molecule is Cl.Nc1cc2c(cc1NC(=O)CSC(F)(F)F)OCO2. The lowest BCUT2D eigenvalue weighted by Crippen LogP contribution is -2.17.